The summed E-state index contributed by atoms with van der Waals surface area (Å²) in [5, 5.41) is 3.65. The molecule has 0 spiro atoms. The van der Waals surface area contributed by atoms with Crippen LogP contribution < -0.4 is 5.32 Å². The molecule has 0 fully saturated rings. The molecule has 1 N–H and O–H groups in total. The predicted octanol–water partition coefficient (Wildman–Crippen LogP) is 4.14. The Bertz CT molecular complexity index is 673. The van der Waals surface area contributed by atoms with E-state index < -0.39 is 0 Å². The maximum Gasteiger partial charge on any atom is 0.146 e. The Balaban J connectivity index is 2.11. The number of hydrogen-bond acceptors (Lipinski definition) is 3. The van der Waals surface area contributed by atoms with Gasteiger partial charge in [-0.05, 0) is 30.3 Å². The van der Waals surface area contributed by atoms with Crippen LogP contribution in [0.2, 0.25) is 0 Å². The molecule has 2 aromatic carbocycles. The minimum atomic E-state index is -0.255. The maximum absolute atomic E-state index is 13.7. The number of nitrogens with zero attached hydrogens (tertiary/aromatic N) is 1. The van der Waals surface area contributed by atoms with Crippen molar-refractivity contribution in [3.63, 3.8) is 0 Å². The van der Waals surface area contributed by atoms with Crippen molar-refractivity contribution in [2.45, 2.75) is 0 Å². The van der Waals surface area contributed by atoms with Gasteiger partial charge >= 0.3 is 0 Å². The molecular formula is C14H11FN2S. The molecule has 18 heavy (non-hydrogen) atoms. The molecule has 0 aliphatic carbocycles. The molecular weight excluding hydrogens is 246 g/mol. The molecule has 0 aliphatic heterocycles. The molecule has 1 heterocycles. The van der Waals surface area contributed by atoms with Crippen LogP contribution in [0.25, 0.3) is 20.8 Å². The smallest absolute Gasteiger partial charge is 0.146 e. The SMILES string of the molecule is CNc1ccc(-c2nc3ccccc3s2)cc1[18F]. The zero-order valence-electron chi connectivity index (χ0n) is 9.77. The van der Waals surface area contributed by atoms with Gasteiger partial charge in [-0.15, -0.1) is 11.3 Å². The second-order valence-corrected chi connectivity index (χ2v) is 4.96. The number of para-hydroxylation sites is 1. The van der Waals surface area contributed by atoms with Gasteiger partial charge in [-0.25, -0.2) is 9.37 Å². The lowest BCUT2D eigenvalue weighted by atomic mass is 10.2. The van der Waals surface area contributed by atoms with Gasteiger partial charge in [0.1, 0.15) is 10.8 Å². The van der Waals surface area contributed by atoms with Crippen LogP contribution in [-0.2, 0) is 0 Å². The summed E-state index contributed by atoms with van der Waals surface area (Å²) in [5.74, 6) is -0.255. The first-order valence-corrected chi connectivity index (χ1v) is 6.43. The van der Waals surface area contributed by atoms with Crippen molar-refractivity contribution in [1.29, 1.82) is 0 Å². The number of benzene rings is 2. The van der Waals surface area contributed by atoms with Crippen molar-refractivity contribution in [3.8, 4) is 10.6 Å². The Morgan fingerprint density at radius 3 is 2.72 bits per heavy atom. The van der Waals surface area contributed by atoms with E-state index >= 15 is 0 Å². The van der Waals surface area contributed by atoms with E-state index in [0.29, 0.717) is 5.69 Å². The second kappa shape index (κ2) is 4.38. The van der Waals surface area contributed by atoms with Gasteiger partial charge in [0.15, 0.2) is 0 Å². The van der Waals surface area contributed by atoms with E-state index in [1.807, 2.05) is 30.3 Å². The number of hydrogen-bond donors (Lipinski definition) is 1. The predicted molar refractivity (Wildman–Crippen MR) is 74.6 cm³/mol. The standard InChI is InChI=1S/C14H11FN2S/c1-16-11-7-6-9(8-10(11)15)14-17-12-4-2-3-5-13(12)18-14/h2-8,16H,1H3/i15-1. The maximum atomic E-state index is 13.7. The van der Waals surface area contributed by atoms with Gasteiger partial charge in [0.2, 0.25) is 0 Å². The summed E-state index contributed by atoms with van der Waals surface area (Å²) in [5.41, 5.74) is 2.27. The fraction of sp³-hybridized carbons (Fsp3) is 0.0714. The molecule has 90 valence electrons. The van der Waals surface area contributed by atoms with E-state index in [1.165, 1.54) is 6.07 Å². The van der Waals surface area contributed by atoms with E-state index in [4.69, 9.17) is 0 Å². The minimum absolute atomic E-state index is 0.255. The van der Waals surface area contributed by atoms with Gasteiger partial charge in [-0.1, -0.05) is 12.1 Å². The Hall–Kier alpha value is -1.94. The molecule has 0 aliphatic rings. The fourth-order valence-corrected chi connectivity index (χ4v) is 2.81. The monoisotopic (exact) mass is 257 g/mol. The molecule has 0 amide bonds. The molecule has 4 heteroatoms. The molecule has 2 nitrogen and oxygen atoms in total. The molecule has 0 atom stereocenters. The molecule has 0 radical (unpaired) electrons. The third-order valence-corrected chi connectivity index (χ3v) is 3.86. The van der Waals surface area contributed by atoms with Gasteiger partial charge in [-0.2, -0.15) is 0 Å². The fourth-order valence-electron chi connectivity index (χ4n) is 1.85. The van der Waals surface area contributed by atoms with Crippen LogP contribution in [0.5, 0.6) is 0 Å². The largest absolute Gasteiger partial charge is 0.386 e. The molecule has 0 unspecified atom stereocenters. The van der Waals surface area contributed by atoms with Crippen molar-refractivity contribution in [2.24, 2.45) is 0 Å². The van der Waals surface area contributed by atoms with Crippen molar-refractivity contribution in [1.82, 2.24) is 4.98 Å². The highest BCUT2D eigenvalue weighted by molar-refractivity contribution is 7.21. The van der Waals surface area contributed by atoms with Gasteiger partial charge in [0.25, 0.3) is 0 Å². The molecule has 0 saturated heterocycles. The Labute approximate surface area is 108 Å². The van der Waals surface area contributed by atoms with Crippen molar-refractivity contribution in [3.05, 3.63) is 48.3 Å². The third kappa shape index (κ3) is 1.84. The van der Waals surface area contributed by atoms with Crippen LogP contribution in [0.3, 0.4) is 0 Å². The molecule has 0 saturated carbocycles. The number of rotatable bonds is 2. The highest BCUT2D eigenvalue weighted by Crippen LogP contribution is 2.31. The lowest BCUT2D eigenvalue weighted by Gasteiger charge is -2.03. The first kappa shape index (κ1) is 11.2. The zero-order valence-corrected chi connectivity index (χ0v) is 10.6. The van der Waals surface area contributed by atoms with Gasteiger partial charge in [-0.3, -0.25) is 0 Å². The summed E-state index contributed by atoms with van der Waals surface area (Å²) in [6, 6.07) is 13.1. The van der Waals surface area contributed by atoms with Crippen LogP contribution in [-0.4, -0.2) is 12.0 Å². The Kier molecular flexibility index (Phi) is 2.72. The van der Waals surface area contributed by atoms with Crippen LogP contribution in [0.4, 0.5) is 10.1 Å². The molecule has 3 aromatic rings. The summed E-state index contributed by atoms with van der Waals surface area (Å²) >= 11 is 1.57. The quantitative estimate of drug-likeness (QED) is 0.746. The van der Waals surface area contributed by atoms with Crippen LogP contribution in [0.1, 0.15) is 0 Å². The van der Waals surface area contributed by atoms with Crippen LogP contribution >= 0.6 is 11.3 Å². The first-order valence-electron chi connectivity index (χ1n) is 5.61. The van der Waals surface area contributed by atoms with Crippen LogP contribution in [0.15, 0.2) is 42.5 Å². The van der Waals surface area contributed by atoms with E-state index in [2.05, 4.69) is 10.3 Å². The highest BCUT2D eigenvalue weighted by atomic mass is 32.1. The number of anilines is 1. The number of aromatic nitrogens is 1. The topological polar surface area (TPSA) is 24.9 Å². The normalized spacial score (nSPS) is 10.8. The van der Waals surface area contributed by atoms with Crippen molar-refractivity contribution < 1.29 is 4.39 Å². The number of fused-ring (bicyclic) bond motifs is 1. The lowest BCUT2D eigenvalue weighted by Crippen LogP contribution is -1.92. The van der Waals surface area contributed by atoms with E-state index in [0.717, 1.165) is 20.8 Å². The lowest BCUT2D eigenvalue weighted by molar-refractivity contribution is 0.632. The second-order valence-electron chi connectivity index (χ2n) is 3.93. The van der Waals surface area contributed by atoms with E-state index in [9.17, 15) is 4.39 Å². The third-order valence-electron chi connectivity index (χ3n) is 2.78. The van der Waals surface area contributed by atoms with E-state index in [1.54, 1.807) is 24.5 Å². The summed E-state index contributed by atoms with van der Waals surface area (Å²) in [7, 11) is 1.70. The minimum Gasteiger partial charge on any atom is -0.386 e. The van der Waals surface area contributed by atoms with Gasteiger partial charge in [0.05, 0.1) is 15.9 Å². The number of halogens is 1. The average molecular weight is 257 g/mol. The van der Waals surface area contributed by atoms with Gasteiger partial charge in [0, 0.05) is 12.6 Å². The van der Waals surface area contributed by atoms with E-state index in [-0.39, 0.29) is 5.82 Å². The van der Waals surface area contributed by atoms with Crippen LogP contribution in [0, 0.1) is 5.82 Å². The van der Waals surface area contributed by atoms with Crippen molar-refractivity contribution >= 4 is 27.2 Å². The summed E-state index contributed by atoms with van der Waals surface area (Å²) in [6.45, 7) is 0. The average Bonchev–Trinajstić information content (AvgIpc) is 2.82. The molecule has 3 rings (SSSR count). The molecule has 1 aromatic heterocycles. The molecule has 0 bridgehead atoms. The number of nitrogens with one attached hydrogen (secondary N) is 1. The zero-order chi connectivity index (χ0) is 12.5. The van der Waals surface area contributed by atoms with Gasteiger partial charge < -0.3 is 5.32 Å². The Morgan fingerprint density at radius 1 is 1.17 bits per heavy atom. The summed E-state index contributed by atoms with van der Waals surface area (Å²) in [6.07, 6.45) is 0. The highest BCUT2D eigenvalue weighted by Gasteiger charge is 2.08. The first-order chi connectivity index (χ1) is 8.78. The summed E-state index contributed by atoms with van der Waals surface area (Å²) in [4.78, 5) is 4.51. The summed E-state index contributed by atoms with van der Waals surface area (Å²) < 4.78 is 14.8. The number of thiazole rings is 1. The van der Waals surface area contributed by atoms with Crippen molar-refractivity contribution in [2.75, 3.05) is 12.4 Å². The Morgan fingerprint density at radius 2 is 2.00 bits per heavy atom.